The Morgan fingerprint density at radius 1 is 1.00 bits per heavy atom. The molecule has 1 aliphatic rings. The molecule has 0 saturated heterocycles. The smallest absolute Gasteiger partial charge is 0.180 e. The number of H-pyrrole nitrogens is 1. The third-order valence-corrected chi connectivity index (χ3v) is 6.36. The van der Waals surface area contributed by atoms with Gasteiger partial charge in [-0.1, -0.05) is 90.1 Å². The van der Waals surface area contributed by atoms with Crippen molar-refractivity contribution in [1.82, 2.24) is 20.1 Å². The third-order valence-electron chi connectivity index (χ3n) is 6.36. The number of nitrogens with one attached hydrogen (secondary N) is 1. The molecule has 226 valence electrons. The van der Waals surface area contributed by atoms with Gasteiger partial charge in [-0.2, -0.15) is 5.10 Å². The molecule has 1 heterocycles. The summed E-state index contributed by atoms with van der Waals surface area (Å²) in [5.41, 5.74) is 3.52. The minimum atomic E-state index is -2.37. The summed E-state index contributed by atoms with van der Waals surface area (Å²) in [6.07, 6.45) is 17.1. The molecular formula is C32H48N4O5. The molecule has 41 heavy (non-hydrogen) atoms. The van der Waals surface area contributed by atoms with E-state index in [4.69, 9.17) is 0 Å². The topological polar surface area (TPSA) is 146 Å². The van der Waals surface area contributed by atoms with Crippen LogP contribution in [-0.4, -0.2) is 82.9 Å². The number of aromatic nitrogens is 3. The predicted octanol–water partition coefficient (Wildman–Crippen LogP) is 3.74. The molecular weight excluding hydrogens is 520 g/mol. The zero-order valence-electron chi connectivity index (χ0n) is 25.4. The maximum absolute atomic E-state index is 10.6. The SMILES string of the molecule is C#C.CC.CC(C)C(CO)N(CC1=CC(C)(C)C=C(c2ccccc2-c2ncn[nH]2)C=C1)CC(O)(O)CC(C)(O)O. The molecule has 0 aliphatic heterocycles. The lowest BCUT2D eigenvalue weighted by Crippen LogP contribution is -2.53. The van der Waals surface area contributed by atoms with Crippen LogP contribution >= 0.6 is 0 Å². The van der Waals surface area contributed by atoms with Crippen molar-refractivity contribution in [2.75, 3.05) is 19.7 Å². The molecule has 0 spiro atoms. The van der Waals surface area contributed by atoms with E-state index in [0.717, 1.165) is 29.2 Å². The number of hydrogen-bond acceptors (Lipinski definition) is 8. The first-order valence-corrected chi connectivity index (χ1v) is 13.9. The molecule has 0 saturated carbocycles. The Bertz CT molecular complexity index is 1170. The average molecular weight is 569 g/mol. The summed E-state index contributed by atoms with van der Waals surface area (Å²) >= 11 is 0. The average Bonchev–Trinajstić information content (AvgIpc) is 3.37. The zero-order chi connectivity index (χ0) is 31.4. The van der Waals surface area contributed by atoms with Crippen molar-refractivity contribution in [2.24, 2.45) is 11.3 Å². The number of terminal acetylenes is 1. The van der Waals surface area contributed by atoms with E-state index < -0.39 is 18.0 Å². The van der Waals surface area contributed by atoms with E-state index in [1.165, 1.54) is 6.33 Å². The quantitative estimate of drug-likeness (QED) is 0.178. The number of hydrogen-bond donors (Lipinski definition) is 6. The summed E-state index contributed by atoms with van der Waals surface area (Å²) in [7, 11) is 0. The van der Waals surface area contributed by atoms with Gasteiger partial charge in [0.25, 0.3) is 0 Å². The highest BCUT2D eigenvalue weighted by molar-refractivity contribution is 5.84. The van der Waals surface area contributed by atoms with Gasteiger partial charge in [0.15, 0.2) is 17.4 Å². The number of rotatable bonds is 11. The normalized spacial score (nSPS) is 15.6. The van der Waals surface area contributed by atoms with Gasteiger partial charge >= 0.3 is 0 Å². The van der Waals surface area contributed by atoms with Gasteiger partial charge in [-0.15, -0.1) is 12.8 Å². The van der Waals surface area contributed by atoms with Crippen molar-refractivity contribution < 1.29 is 25.5 Å². The molecule has 1 aliphatic carbocycles. The van der Waals surface area contributed by atoms with E-state index in [9.17, 15) is 25.5 Å². The fourth-order valence-corrected chi connectivity index (χ4v) is 4.95. The largest absolute Gasteiger partial charge is 0.395 e. The standard InChI is InChI=1S/C28H40N4O5.C2H6.C2H2/c1-19(2)24(15-33)32(17-28(36,37)16-27(5,34)35)14-20-10-11-21(13-26(3,4)12-20)22-8-6-7-9-23(22)25-29-18-30-31-25;2*1-2/h6-13,18-19,24,33-37H,14-17H2,1-5H3,(H,29,30,31);1-2H3;1-2H. The summed E-state index contributed by atoms with van der Waals surface area (Å²) < 4.78 is 0. The highest BCUT2D eigenvalue weighted by atomic mass is 16.5. The Labute approximate surface area is 245 Å². The lowest BCUT2D eigenvalue weighted by molar-refractivity contribution is -0.254. The van der Waals surface area contributed by atoms with Crippen molar-refractivity contribution in [3.8, 4) is 24.2 Å². The molecule has 1 atom stereocenters. The Morgan fingerprint density at radius 2 is 1.61 bits per heavy atom. The second kappa shape index (κ2) is 15.8. The van der Waals surface area contributed by atoms with Crippen LogP contribution < -0.4 is 0 Å². The van der Waals surface area contributed by atoms with E-state index in [2.05, 4.69) is 54.0 Å². The predicted molar refractivity (Wildman–Crippen MR) is 164 cm³/mol. The molecule has 1 unspecified atom stereocenters. The number of benzene rings is 1. The monoisotopic (exact) mass is 568 g/mol. The van der Waals surface area contributed by atoms with E-state index in [1.807, 2.05) is 64.1 Å². The van der Waals surface area contributed by atoms with Gasteiger partial charge in [0.1, 0.15) is 6.33 Å². The summed E-state index contributed by atoms with van der Waals surface area (Å²) in [6.45, 7) is 13.1. The number of allylic oxidation sites excluding steroid dienone is 4. The molecule has 9 nitrogen and oxygen atoms in total. The minimum Gasteiger partial charge on any atom is -0.395 e. The molecule has 1 aromatic carbocycles. The van der Waals surface area contributed by atoms with Crippen LogP contribution in [0.5, 0.6) is 0 Å². The Hall–Kier alpha value is -3.10. The summed E-state index contributed by atoms with van der Waals surface area (Å²) in [5, 5.41) is 57.7. The van der Waals surface area contributed by atoms with Crippen molar-refractivity contribution in [2.45, 2.75) is 72.5 Å². The molecule has 2 aromatic rings. The fraction of sp³-hybridized carbons (Fsp3) is 0.500. The first kappa shape index (κ1) is 35.9. The van der Waals surface area contributed by atoms with E-state index in [1.54, 1.807) is 4.90 Å². The molecule has 0 bridgehead atoms. The van der Waals surface area contributed by atoms with Gasteiger partial charge in [-0.05, 0) is 29.6 Å². The summed E-state index contributed by atoms with van der Waals surface area (Å²) in [5.74, 6) is -3.93. The van der Waals surface area contributed by atoms with Crippen LogP contribution in [0.2, 0.25) is 0 Å². The molecule has 3 rings (SSSR count). The summed E-state index contributed by atoms with van der Waals surface area (Å²) in [4.78, 5) is 6.10. The van der Waals surface area contributed by atoms with Crippen molar-refractivity contribution in [3.63, 3.8) is 0 Å². The number of aliphatic hydroxyl groups is 5. The molecule has 0 radical (unpaired) electrons. The highest BCUT2D eigenvalue weighted by Gasteiger charge is 2.37. The van der Waals surface area contributed by atoms with Crippen molar-refractivity contribution in [3.05, 3.63) is 66.0 Å². The maximum Gasteiger partial charge on any atom is 0.180 e. The lowest BCUT2D eigenvalue weighted by Gasteiger charge is -2.39. The fourth-order valence-electron chi connectivity index (χ4n) is 4.95. The number of aromatic amines is 1. The maximum atomic E-state index is 10.6. The molecule has 6 N–H and O–H groups in total. The van der Waals surface area contributed by atoms with Gasteiger partial charge in [-0.25, -0.2) is 4.98 Å². The van der Waals surface area contributed by atoms with Crippen LogP contribution in [0.1, 0.15) is 60.5 Å². The second-order valence-corrected chi connectivity index (χ2v) is 11.1. The second-order valence-electron chi connectivity index (χ2n) is 11.1. The molecule has 1 aromatic heterocycles. The van der Waals surface area contributed by atoms with Gasteiger partial charge in [0, 0.05) is 23.6 Å². The van der Waals surface area contributed by atoms with E-state index in [-0.39, 0.29) is 30.5 Å². The molecule has 0 fully saturated rings. The van der Waals surface area contributed by atoms with Crippen LogP contribution in [0, 0.1) is 24.2 Å². The molecule has 9 heteroatoms. The van der Waals surface area contributed by atoms with Crippen LogP contribution in [-0.2, 0) is 0 Å². The van der Waals surface area contributed by atoms with Crippen LogP contribution in [0.3, 0.4) is 0 Å². The first-order valence-electron chi connectivity index (χ1n) is 13.9. The number of nitrogens with zero attached hydrogens (tertiary/aromatic N) is 3. The van der Waals surface area contributed by atoms with Gasteiger partial charge in [0.05, 0.1) is 19.6 Å². The number of aliphatic hydroxyl groups excluding tert-OH is 1. The van der Waals surface area contributed by atoms with Gasteiger partial charge < -0.3 is 25.5 Å². The van der Waals surface area contributed by atoms with Crippen LogP contribution in [0.4, 0.5) is 0 Å². The minimum absolute atomic E-state index is 0.0151. The van der Waals surface area contributed by atoms with Gasteiger partial charge in [-0.3, -0.25) is 10.00 Å². The lowest BCUT2D eigenvalue weighted by atomic mass is 9.87. The van der Waals surface area contributed by atoms with Crippen LogP contribution in [0.25, 0.3) is 17.0 Å². The van der Waals surface area contributed by atoms with Crippen LogP contribution in [0.15, 0.2) is 60.5 Å². The van der Waals surface area contributed by atoms with Crippen molar-refractivity contribution in [1.29, 1.82) is 0 Å². The Kier molecular flexibility index (Phi) is 13.8. The van der Waals surface area contributed by atoms with E-state index in [0.29, 0.717) is 12.4 Å². The van der Waals surface area contributed by atoms with Gasteiger partial charge in [0.2, 0.25) is 0 Å². The Morgan fingerprint density at radius 3 is 2.12 bits per heavy atom. The Balaban J connectivity index is 0.00000201. The van der Waals surface area contributed by atoms with Crippen molar-refractivity contribution >= 4 is 5.57 Å². The zero-order valence-corrected chi connectivity index (χ0v) is 25.4. The van der Waals surface area contributed by atoms with E-state index >= 15 is 0 Å². The summed E-state index contributed by atoms with van der Waals surface area (Å²) in [6, 6.07) is 7.59. The third kappa shape index (κ3) is 11.4. The first-order chi connectivity index (χ1) is 19.2. The highest BCUT2D eigenvalue weighted by Crippen LogP contribution is 2.35. The molecule has 0 amide bonds.